The first-order valence-electron chi connectivity index (χ1n) is 7.11. The predicted octanol–water partition coefficient (Wildman–Crippen LogP) is 2.60. The molecule has 0 radical (unpaired) electrons. The van der Waals surface area contributed by atoms with E-state index in [0.717, 1.165) is 32.8 Å². The first-order chi connectivity index (χ1) is 8.19. The maximum atomic E-state index is 5.93. The quantitative estimate of drug-likeness (QED) is 0.631. The molecule has 3 atom stereocenters. The van der Waals surface area contributed by atoms with E-state index in [4.69, 9.17) is 9.47 Å². The minimum absolute atomic E-state index is 0.307. The van der Waals surface area contributed by atoms with E-state index in [1.54, 1.807) is 0 Å². The number of hydrogen-bond donors (Lipinski definition) is 1. The summed E-state index contributed by atoms with van der Waals surface area (Å²) < 4.78 is 11.2. The first-order valence-corrected chi connectivity index (χ1v) is 7.11. The number of hydrogen-bond acceptors (Lipinski definition) is 3. The average molecular weight is 243 g/mol. The molecule has 0 bridgehead atoms. The maximum Gasteiger partial charge on any atom is 0.0704 e. The first kappa shape index (κ1) is 14.9. The van der Waals surface area contributed by atoms with E-state index < -0.39 is 0 Å². The molecule has 0 aromatic rings. The van der Waals surface area contributed by atoms with Crippen LogP contribution in [0.5, 0.6) is 0 Å². The van der Waals surface area contributed by atoms with Crippen LogP contribution in [0.4, 0.5) is 0 Å². The molecule has 0 aromatic carbocycles. The topological polar surface area (TPSA) is 30.5 Å². The van der Waals surface area contributed by atoms with Gasteiger partial charge in [0.05, 0.1) is 19.3 Å². The highest BCUT2D eigenvalue weighted by atomic mass is 16.5. The lowest BCUT2D eigenvalue weighted by atomic mass is 9.61. The van der Waals surface area contributed by atoms with Crippen LogP contribution in [0.25, 0.3) is 0 Å². The van der Waals surface area contributed by atoms with Gasteiger partial charge >= 0.3 is 0 Å². The molecule has 0 heterocycles. The predicted molar refractivity (Wildman–Crippen MR) is 71.3 cm³/mol. The zero-order valence-corrected chi connectivity index (χ0v) is 11.9. The molecule has 0 aromatic heterocycles. The van der Waals surface area contributed by atoms with Crippen LogP contribution in [-0.4, -0.2) is 38.5 Å². The van der Waals surface area contributed by atoms with Crippen LogP contribution in [-0.2, 0) is 9.47 Å². The monoisotopic (exact) mass is 243 g/mol. The standard InChI is InChI=1S/C14H29NO2/c1-5-8-15-12-11-13(14(12,4)6-2)17-10-9-16-7-3/h12-13,15H,5-11H2,1-4H3. The molecule has 3 heteroatoms. The van der Waals surface area contributed by atoms with Gasteiger partial charge in [-0.3, -0.25) is 0 Å². The molecule has 0 saturated heterocycles. The van der Waals surface area contributed by atoms with Crippen molar-refractivity contribution in [1.29, 1.82) is 0 Å². The molecular formula is C14H29NO2. The summed E-state index contributed by atoms with van der Waals surface area (Å²) >= 11 is 0. The highest BCUT2D eigenvalue weighted by Crippen LogP contribution is 2.45. The Balaban J connectivity index is 2.28. The highest BCUT2D eigenvalue weighted by Gasteiger charge is 2.50. The second kappa shape index (κ2) is 7.34. The van der Waals surface area contributed by atoms with E-state index in [-0.39, 0.29) is 0 Å². The Bertz CT molecular complexity index is 208. The fourth-order valence-corrected chi connectivity index (χ4v) is 2.58. The molecule has 102 valence electrons. The Labute approximate surface area is 106 Å². The third-order valence-corrected chi connectivity index (χ3v) is 4.13. The molecule has 0 aliphatic heterocycles. The van der Waals surface area contributed by atoms with E-state index in [2.05, 4.69) is 26.1 Å². The Hall–Kier alpha value is -0.120. The fourth-order valence-electron chi connectivity index (χ4n) is 2.58. The highest BCUT2D eigenvalue weighted by molar-refractivity contribution is 5.04. The van der Waals surface area contributed by atoms with Gasteiger partial charge in [-0.2, -0.15) is 0 Å². The minimum atomic E-state index is 0.307. The summed E-state index contributed by atoms with van der Waals surface area (Å²) in [5.41, 5.74) is 0.307. The average Bonchev–Trinajstić information content (AvgIpc) is 2.35. The van der Waals surface area contributed by atoms with Crippen LogP contribution in [0.2, 0.25) is 0 Å². The van der Waals surface area contributed by atoms with Gasteiger partial charge in [-0.05, 0) is 32.7 Å². The second-order valence-electron chi connectivity index (χ2n) is 5.16. The summed E-state index contributed by atoms with van der Waals surface area (Å²) in [7, 11) is 0. The molecule has 1 aliphatic carbocycles. The minimum Gasteiger partial charge on any atom is -0.379 e. The van der Waals surface area contributed by atoms with Gasteiger partial charge in [0.15, 0.2) is 0 Å². The van der Waals surface area contributed by atoms with Gasteiger partial charge in [0.25, 0.3) is 0 Å². The third-order valence-electron chi connectivity index (χ3n) is 4.13. The van der Waals surface area contributed by atoms with Gasteiger partial charge in [-0.15, -0.1) is 0 Å². The molecule has 1 N–H and O–H groups in total. The van der Waals surface area contributed by atoms with Crippen molar-refractivity contribution >= 4 is 0 Å². The van der Waals surface area contributed by atoms with Crippen molar-refractivity contribution in [2.45, 2.75) is 59.1 Å². The second-order valence-corrected chi connectivity index (χ2v) is 5.16. The van der Waals surface area contributed by atoms with Crippen molar-refractivity contribution < 1.29 is 9.47 Å². The summed E-state index contributed by atoms with van der Waals surface area (Å²) in [6.45, 7) is 12.2. The lowest BCUT2D eigenvalue weighted by molar-refractivity contribution is -0.137. The Morgan fingerprint density at radius 1 is 1.24 bits per heavy atom. The van der Waals surface area contributed by atoms with Gasteiger partial charge in [0.1, 0.15) is 0 Å². The summed E-state index contributed by atoms with van der Waals surface area (Å²) in [6.07, 6.45) is 3.93. The molecule has 1 rings (SSSR count). The SMILES string of the molecule is CCCNC1CC(OCCOCC)C1(C)CC. The third kappa shape index (κ3) is 3.67. The fraction of sp³-hybridized carbons (Fsp3) is 1.00. The van der Waals surface area contributed by atoms with Crippen LogP contribution in [0, 0.1) is 5.41 Å². The number of ether oxygens (including phenoxy) is 2. The molecule has 1 fully saturated rings. The Morgan fingerprint density at radius 3 is 2.59 bits per heavy atom. The molecule has 3 nitrogen and oxygen atoms in total. The van der Waals surface area contributed by atoms with Crippen molar-refractivity contribution in [2.24, 2.45) is 5.41 Å². The van der Waals surface area contributed by atoms with Crippen molar-refractivity contribution in [3.63, 3.8) is 0 Å². The summed E-state index contributed by atoms with van der Waals surface area (Å²) in [5, 5.41) is 3.63. The van der Waals surface area contributed by atoms with Crippen LogP contribution in [0.15, 0.2) is 0 Å². The summed E-state index contributed by atoms with van der Waals surface area (Å²) in [5.74, 6) is 0. The van der Waals surface area contributed by atoms with E-state index >= 15 is 0 Å². The van der Waals surface area contributed by atoms with Crippen LogP contribution >= 0.6 is 0 Å². The van der Waals surface area contributed by atoms with Gasteiger partial charge in [0, 0.05) is 18.1 Å². The van der Waals surface area contributed by atoms with Crippen molar-refractivity contribution in [3.05, 3.63) is 0 Å². The van der Waals surface area contributed by atoms with E-state index in [0.29, 0.717) is 17.6 Å². The molecule has 1 aliphatic rings. The van der Waals surface area contributed by atoms with Gasteiger partial charge in [-0.1, -0.05) is 20.8 Å². The number of rotatable bonds is 9. The van der Waals surface area contributed by atoms with Crippen LogP contribution in [0.3, 0.4) is 0 Å². The zero-order chi connectivity index (χ0) is 12.7. The summed E-state index contributed by atoms with van der Waals surface area (Å²) in [4.78, 5) is 0. The van der Waals surface area contributed by atoms with E-state index in [1.165, 1.54) is 12.8 Å². The largest absolute Gasteiger partial charge is 0.379 e. The Morgan fingerprint density at radius 2 is 2.00 bits per heavy atom. The molecule has 0 spiro atoms. The lowest BCUT2D eigenvalue weighted by Crippen LogP contribution is -2.62. The van der Waals surface area contributed by atoms with Gasteiger partial charge in [0.2, 0.25) is 0 Å². The zero-order valence-electron chi connectivity index (χ0n) is 11.9. The van der Waals surface area contributed by atoms with Crippen LogP contribution < -0.4 is 5.32 Å². The van der Waals surface area contributed by atoms with Crippen molar-refractivity contribution in [1.82, 2.24) is 5.32 Å². The molecular weight excluding hydrogens is 214 g/mol. The molecule has 17 heavy (non-hydrogen) atoms. The summed E-state index contributed by atoms with van der Waals surface area (Å²) in [6, 6.07) is 0.629. The smallest absolute Gasteiger partial charge is 0.0704 e. The van der Waals surface area contributed by atoms with Crippen molar-refractivity contribution in [3.8, 4) is 0 Å². The molecule has 1 saturated carbocycles. The van der Waals surface area contributed by atoms with Crippen molar-refractivity contribution in [2.75, 3.05) is 26.4 Å². The maximum absolute atomic E-state index is 5.93. The van der Waals surface area contributed by atoms with Gasteiger partial charge < -0.3 is 14.8 Å². The molecule has 3 unspecified atom stereocenters. The van der Waals surface area contributed by atoms with E-state index in [9.17, 15) is 0 Å². The Kier molecular flexibility index (Phi) is 6.45. The normalized spacial score (nSPS) is 32.5. The molecule has 0 amide bonds. The van der Waals surface area contributed by atoms with Crippen LogP contribution in [0.1, 0.15) is 47.0 Å². The van der Waals surface area contributed by atoms with Gasteiger partial charge in [-0.25, -0.2) is 0 Å². The number of nitrogens with one attached hydrogen (secondary N) is 1. The lowest BCUT2D eigenvalue weighted by Gasteiger charge is -2.54. The van der Waals surface area contributed by atoms with E-state index in [1.807, 2.05) is 6.92 Å².